The summed E-state index contributed by atoms with van der Waals surface area (Å²) >= 11 is 0. The van der Waals surface area contributed by atoms with Gasteiger partial charge in [-0.3, -0.25) is 9.48 Å². The van der Waals surface area contributed by atoms with Gasteiger partial charge in [-0.25, -0.2) is 0 Å². The third kappa shape index (κ3) is 2.75. The first-order valence-corrected chi connectivity index (χ1v) is 7.93. The number of aromatic nitrogens is 2. The second-order valence-corrected chi connectivity index (χ2v) is 6.36. The molecule has 0 saturated heterocycles. The van der Waals surface area contributed by atoms with Crippen LogP contribution >= 0.6 is 0 Å². The second-order valence-electron chi connectivity index (χ2n) is 6.36. The summed E-state index contributed by atoms with van der Waals surface area (Å²) in [5.41, 5.74) is 1.92. The number of hydrogen-bond acceptors (Lipinski definition) is 3. The van der Waals surface area contributed by atoms with Crippen LogP contribution in [0.1, 0.15) is 38.5 Å². The number of fused-ring (bicyclic) bond motifs is 1. The van der Waals surface area contributed by atoms with E-state index in [1.807, 2.05) is 26.0 Å². The molecule has 0 atom stereocenters. The van der Waals surface area contributed by atoms with E-state index < -0.39 is 17.8 Å². The van der Waals surface area contributed by atoms with Crippen LogP contribution in [0.3, 0.4) is 0 Å². The number of furan rings is 1. The first kappa shape index (κ1) is 18.0. The predicted molar refractivity (Wildman–Crippen MR) is 91.3 cm³/mol. The van der Waals surface area contributed by atoms with Gasteiger partial charge in [0.2, 0.25) is 0 Å². The Morgan fingerprint density at radius 1 is 1.12 bits per heavy atom. The van der Waals surface area contributed by atoms with Crippen LogP contribution in [-0.4, -0.2) is 15.7 Å². The van der Waals surface area contributed by atoms with E-state index in [0.29, 0.717) is 11.1 Å². The second kappa shape index (κ2) is 5.89. The van der Waals surface area contributed by atoms with Gasteiger partial charge < -0.3 is 9.73 Å². The smallest absolute Gasteiger partial charge is 0.435 e. The number of nitrogens with zero attached hydrogens (tertiary/aromatic N) is 2. The lowest BCUT2D eigenvalue weighted by molar-refractivity contribution is -0.141. The number of anilines is 1. The van der Waals surface area contributed by atoms with Crippen molar-refractivity contribution >= 4 is 22.7 Å². The van der Waals surface area contributed by atoms with Crippen LogP contribution in [0.5, 0.6) is 0 Å². The van der Waals surface area contributed by atoms with Crippen molar-refractivity contribution in [2.45, 2.75) is 33.9 Å². The van der Waals surface area contributed by atoms with Crippen molar-refractivity contribution < 1.29 is 22.4 Å². The summed E-state index contributed by atoms with van der Waals surface area (Å²) in [6.07, 6.45) is -4.59. The third-order valence-corrected chi connectivity index (χ3v) is 4.47. The van der Waals surface area contributed by atoms with Crippen LogP contribution in [0.2, 0.25) is 0 Å². The summed E-state index contributed by atoms with van der Waals surface area (Å²) in [6, 6.07) is 3.83. The topological polar surface area (TPSA) is 60.1 Å². The molecule has 2 aromatic heterocycles. The van der Waals surface area contributed by atoms with Crippen molar-refractivity contribution in [3.05, 3.63) is 45.8 Å². The molecule has 0 radical (unpaired) electrons. The Hall–Kier alpha value is -2.77. The van der Waals surface area contributed by atoms with Crippen molar-refractivity contribution in [3.8, 4) is 0 Å². The van der Waals surface area contributed by atoms with Crippen LogP contribution in [0.15, 0.2) is 16.5 Å². The van der Waals surface area contributed by atoms with E-state index in [9.17, 15) is 18.0 Å². The van der Waals surface area contributed by atoms with E-state index >= 15 is 0 Å². The Kier molecular flexibility index (Phi) is 4.09. The number of amides is 1. The molecular weight excluding hydrogens is 347 g/mol. The molecule has 1 N–H and O–H groups in total. The third-order valence-electron chi connectivity index (χ3n) is 4.47. The summed E-state index contributed by atoms with van der Waals surface area (Å²) in [6.45, 7) is 6.80. The van der Waals surface area contributed by atoms with E-state index in [4.69, 9.17) is 4.42 Å². The average molecular weight is 365 g/mol. The van der Waals surface area contributed by atoms with Crippen LogP contribution in [0, 0.1) is 27.7 Å². The Morgan fingerprint density at radius 2 is 1.73 bits per heavy atom. The minimum absolute atomic E-state index is 0.0179. The van der Waals surface area contributed by atoms with Gasteiger partial charge in [0.1, 0.15) is 11.4 Å². The van der Waals surface area contributed by atoms with Gasteiger partial charge in [0.05, 0.1) is 0 Å². The maximum Gasteiger partial charge on any atom is 0.435 e. The molecule has 2 heterocycles. The van der Waals surface area contributed by atoms with Crippen LogP contribution in [0.25, 0.3) is 11.0 Å². The van der Waals surface area contributed by atoms with Crippen LogP contribution < -0.4 is 5.32 Å². The molecule has 0 aliphatic rings. The van der Waals surface area contributed by atoms with Gasteiger partial charge in [-0.05, 0) is 38.8 Å². The highest BCUT2D eigenvalue weighted by Gasteiger charge is 2.38. The first-order chi connectivity index (χ1) is 12.0. The van der Waals surface area contributed by atoms with Crippen LogP contribution in [0.4, 0.5) is 19.0 Å². The lowest BCUT2D eigenvalue weighted by Crippen LogP contribution is -2.15. The number of aryl methyl sites for hydroxylation is 4. The highest BCUT2D eigenvalue weighted by molar-refractivity contribution is 6.07. The van der Waals surface area contributed by atoms with Gasteiger partial charge in [-0.15, -0.1) is 0 Å². The molecule has 5 nitrogen and oxygen atoms in total. The lowest BCUT2D eigenvalue weighted by atomic mass is 10.0. The molecular formula is C18H18F3N3O2. The minimum Gasteiger partial charge on any atom is -0.450 e. The molecule has 0 spiro atoms. The predicted octanol–water partition coefficient (Wildman–Crippen LogP) is 4.67. The van der Waals surface area contributed by atoms with Crippen molar-refractivity contribution in [2.75, 3.05) is 5.32 Å². The van der Waals surface area contributed by atoms with Gasteiger partial charge in [-0.1, -0.05) is 12.1 Å². The molecule has 1 aromatic carbocycles. The zero-order chi connectivity index (χ0) is 19.4. The molecule has 0 aliphatic heterocycles. The van der Waals surface area contributed by atoms with Crippen molar-refractivity contribution in [3.63, 3.8) is 0 Å². The summed E-state index contributed by atoms with van der Waals surface area (Å²) in [4.78, 5) is 12.7. The minimum atomic E-state index is -4.59. The fourth-order valence-electron chi connectivity index (χ4n) is 3.13. The molecule has 1 amide bonds. The SMILES string of the molecule is Cc1c(C(F)(F)F)nn(C)c1NC(=O)c1oc2c(C)ccc(C)c2c1C. The molecule has 8 heteroatoms. The maximum absolute atomic E-state index is 13.0. The standard InChI is InChI=1S/C18H18F3N3O2/c1-8-6-7-9(2)13-12(8)10(3)14(26-13)17(25)22-16-11(4)15(18(19,20)21)23-24(16)5/h6-7H,1-5H3,(H,22,25). The molecule has 138 valence electrons. The summed E-state index contributed by atoms with van der Waals surface area (Å²) in [5.74, 6) is -0.556. The van der Waals surface area contributed by atoms with Crippen LogP contribution in [-0.2, 0) is 13.2 Å². The van der Waals surface area contributed by atoms with E-state index in [0.717, 1.165) is 21.2 Å². The van der Waals surface area contributed by atoms with Crippen molar-refractivity contribution in [1.29, 1.82) is 0 Å². The molecule has 0 aliphatic carbocycles. The monoisotopic (exact) mass is 365 g/mol. The van der Waals surface area contributed by atoms with E-state index in [1.165, 1.54) is 14.0 Å². The number of alkyl halides is 3. The van der Waals surface area contributed by atoms with Gasteiger partial charge in [-0.2, -0.15) is 18.3 Å². The molecule has 0 unspecified atom stereocenters. The number of benzene rings is 1. The fourth-order valence-corrected chi connectivity index (χ4v) is 3.13. The highest BCUT2D eigenvalue weighted by atomic mass is 19.4. The highest BCUT2D eigenvalue weighted by Crippen LogP contribution is 2.35. The zero-order valence-corrected chi connectivity index (χ0v) is 15.0. The Morgan fingerprint density at radius 3 is 2.27 bits per heavy atom. The maximum atomic E-state index is 13.0. The van der Waals surface area contributed by atoms with Crippen molar-refractivity contribution in [1.82, 2.24) is 9.78 Å². The molecule has 3 aromatic rings. The lowest BCUT2D eigenvalue weighted by Gasteiger charge is -2.06. The summed E-state index contributed by atoms with van der Waals surface area (Å²) < 4.78 is 45.7. The number of rotatable bonds is 2. The molecule has 3 rings (SSSR count). The normalized spacial score (nSPS) is 12.0. The van der Waals surface area contributed by atoms with Crippen molar-refractivity contribution in [2.24, 2.45) is 7.05 Å². The number of carbonyl (C=O) groups excluding carboxylic acids is 1. The number of nitrogens with one attached hydrogen (secondary N) is 1. The first-order valence-electron chi connectivity index (χ1n) is 7.93. The average Bonchev–Trinajstić information content (AvgIpc) is 3.03. The molecule has 0 fully saturated rings. The van der Waals surface area contributed by atoms with E-state index in [-0.39, 0.29) is 17.1 Å². The summed E-state index contributed by atoms with van der Waals surface area (Å²) in [7, 11) is 1.34. The fraction of sp³-hybridized carbons (Fsp3) is 0.333. The Labute approximate surface area is 147 Å². The molecule has 0 saturated carbocycles. The van der Waals surface area contributed by atoms with Gasteiger partial charge in [0, 0.05) is 23.6 Å². The van der Waals surface area contributed by atoms with Gasteiger partial charge in [0.25, 0.3) is 5.91 Å². The summed E-state index contributed by atoms with van der Waals surface area (Å²) in [5, 5.41) is 6.80. The zero-order valence-electron chi connectivity index (χ0n) is 15.0. The van der Waals surface area contributed by atoms with Gasteiger partial charge >= 0.3 is 6.18 Å². The molecule has 26 heavy (non-hydrogen) atoms. The largest absolute Gasteiger partial charge is 0.450 e. The quantitative estimate of drug-likeness (QED) is 0.718. The Bertz CT molecular complexity index is 1030. The van der Waals surface area contributed by atoms with E-state index in [1.54, 1.807) is 6.92 Å². The van der Waals surface area contributed by atoms with E-state index in [2.05, 4.69) is 10.4 Å². The number of carbonyl (C=O) groups is 1. The number of hydrogen-bond donors (Lipinski definition) is 1. The Balaban J connectivity index is 2.04. The molecule has 0 bridgehead atoms. The van der Waals surface area contributed by atoms with Gasteiger partial charge in [0.15, 0.2) is 11.5 Å². The number of halogens is 3.